The molecular weight excluding hydrogens is 300 g/mol. The first-order chi connectivity index (χ1) is 11.8. The van der Waals surface area contributed by atoms with E-state index in [1.165, 1.54) is 0 Å². The summed E-state index contributed by atoms with van der Waals surface area (Å²) in [6.45, 7) is 0. The lowest BCUT2D eigenvalue weighted by atomic mass is 9.77. The van der Waals surface area contributed by atoms with Crippen molar-refractivity contribution in [2.75, 3.05) is 0 Å². The van der Waals surface area contributed by atoms with Crippen LogP contribution in [0.25, 0.3) is 0 Å². The molecule has 0 bridgehead atoms. The number of carbonyl (C=O) groups excluding carboxylic acids is 1. The fraction of sp³-hybridized carbons (Fsp3) is 0.450. The molecule has 3 rings (SSSR count). The van der Waals surface area contributed by atoms with Gasteiger partial charge in [0, 0.05) is 36.6 Å². The highest BCUT2D eigenvalue weighted by Gasteiger charge is 2.33. The Kier molecular flexibility index (Phi) is 5.70. The summed E-state index contributed by atoms with van der Waals surface area (Å²) in [6.07, 6.45) is 11.7. The van der Waals surface area contributed by atoms with Gasteiger partial charge in [-0.15, -0.1) is 0 Å². The number of carbonyl (C=O) groups is 1. The molecule has 0 aromatic carbocycles. The monoisotopic (exact) mass is 324 g/mol. The molecule has 1 saturated carbocycles. The maximum absolute atomic E-state index is 13.1. The summed E-state index contributed by atoms with van der Waals surface area (Å²) in [7, 11) is 0. The van der Waals surface area contributed by atoms with Crippen LogP contribution >= 0.6 is 0 Å². The molecule has 2 heterocycles. The van der Waals surface area contributed by atoms with Crippen molar-refractivity contribution >= 4 is 5.78 Å². The van der Waals surface area contributed by atoms with E-state index in [0.717, 1.165) is 43.2 Å². The second kappa shape index (κ2) is 8.15. The Hall–Kier alpha value is -2.07. The number of hydrogen-bond donors (Lipinski definition) is 1. The van der Waals surface area contributed by atoms with Gasteiger partial charge in [-0.1, -0.05) is 31.4 Å². The zero-order valence-electron chi connectivity index (χ0n) is 13.8. The first kappa shape index (κ1) is 16.8. The number of Topliss-reactive ketones (excluding diaryl/α,β-unsaturated/α-hetero) is 1. The maximum Gasteiger partial charge on any atom is 0.142 e. The average molecular weight is 324 g/mol. The van der Waals surface area contributed by atoms with Gasteiger partial charge in [-0.3, -0.25) is 14.8 Å². The summed E-state index contributed by atoms with van der Waals surface area (Å²) in [5, 5.41) is 10.7. The largest absolute Gasteiger partial charge is 0.388 e. The SMILES string of the molecule is O=C1C(Cc2cccnc2)CCCCCC1C(O)c1cccnc1. The predicted molar refractivity (Wildman–Crippen MR) is 92.2 cm³/mol. The third kappa shape index (κ3) is 4.06. The van der Waals surface area contributed by atoms with Crippen molar-refractivity contribution in [3.8, 4) is 0 Å². The highest BCUT2D eigenvalue weighted by atomic mass is 16.3. The second-order valence-corrected chi connectivity index (χ2v) is 6.64. The van der Waals surface area contributed by atoms with Crippen LogP contribution in [0.5, 0.6) is 0 Å². The molecule has 24 heavy (non-hydrogen) atoms. The summed E-state index contributed by atoms with van der Waals surface area (Å²) in [5.74, 6) is -0.183. The van der Waals surface area contributed by atoms with E-state index in [1.807, 2.05) is 24.4 Å². The minimum atomic E-state index is -0.763. The Labute approximate surface area is 143 Å². The van der Waals surface area contributed by atoms with Crippen LogP contribution in [0.4, 0.5) is 0 Å². The highest BCUT2D eigenvalue weighted by Crippen LogP contribution is 2.33. The first-order valence-electron chi connectivity index (χ1n) is 8.76. The van der Waals surface area contributed by atoms with E-state index in [1.54, 1.807) is 24.7 Å². The fourth-order valence-corrected chi connectivity index (χ4v) is 3.62. The minimum absolute atomic E-state index is 0.0363. The zero-order valence-corrected chi connectivity index (χ0v) is 13.8. The van der Waals surface area contributed by atoms with Gasteiger partial charge in [0.2, 0.25) is 0 Å². The van der Waals surface area contributed by atoms with Crippen molar-refractivity contribution < 1.29 is 9.90 Å². The van der Waals surface area contributed by atoms with Crippen LogP contribution in [0, 0.1) is 11.8 Å². The Balaban J connectivity index is 1.78. The smallest absolute Gasteiger partial charge is 0.142 e. The molecule has 126 valence electrons. The van der Waals surface area contributed by atoms with E-state index >= 15 is 0 Å². The van der Waals surface area contributed by atoms with Gasteiger partial charge in [0.05, 0.1) is 6.10 Å². The minimum Gasteiger partial charge on any atom is -0.388 e. The lowest BCUT2D eigenvalue weighted by Crippen LogP contribution is -2.31. The average Bonchev–Trinajstić information content (AvgIpc) is 2.63. The number of rotatable bonds is 4. The van der Waals surface area contributed by atoms with Crippen LogP contribution in [0.3, 0.4) is 0 Å². The molecule has 4 heteroatoms. The second-order valence-electron chi connectivity index (χ2n) is 6.64. The topological polar surface area (TPSA) is 63.1 Å². The number of pyridine rings is 2. The number of aromatic nitrogens is 2. The summed E-state index contributed by atoms with van der Waals surface area (Å²) >= 11 is 0. The molecular formula is C20H24N2O2. The number of ketones is 1. The van der Waals surface area contributed by atoms with Crippen molar-refractivity contribution in [1.82, 2.24) is 9.97 Å². The van der Waals surface area contributed by atoms with Crippen molar-refractivity contribution in [1.29, 1.82) is 0 Å². The van der Waals surface area contributed by atoms with Gasteiger partial charge in [0.1, 0.15) is 5.78 Å². The van der Waals surface area contributed by atoms with Crippen LogP contribution in [0.2, 0.25) is 0 Å². The quantitative estimate of drug-likeness (QED) is 0.934. The van der Waals surface area contributed by atoms with Crippen molar-refractivity contribution in [2.45, 2.75) is 44.6 Å². The van der Waals surface area contributed by atoms with E-state index in [-0.39, 0.29) is 17.6 Å². The van der Waals surface area contributed by atoms with Crippen molar-refractivity contribution in [2.24, 2.45) is 11.8 Å². The van der Waals surface area contributed by atoms with Crippen LogP contribution in [-0.2, 0) is 11.2 Å². The van der Waals surface area contributed by atoms with Gasteiger partial charge in [-0.2, -0.15) is 0 Å². The lowest BCUT2D eigenvalue weighted by molar-refractivity contribution is -0.131. The summed E-state index contributed by atoms with van der Waals surface area (Å²) in [4.78, 5) is 21.3. The van der Waals surface area contributed by atoms with E-state index in [2.05, 4.69) is 9.97 Å². The standard InChI is InChI=1S/C20H24N2O2/c23-19-16(12-15-6-4-10-21-13-15)7-2-1-3-9-18(19)20(24)17-8-5-11-22-14-17/h4-6,8,10-11,13-14,16,18,20,24H,1-3,7,9,12H2. The Morgan fingerprint density at radius 1 is 1.04 bits per heavy atom. The number of hydrogen-bond acceptors (Lipinski definition) is 4. The van der Waals surface area contributed by atoms with Gasteiger partial charge in [-0.05, 0) is 42.5 Å². The van der Waals surface area contributed by atoms with Crippen LogP contribution in [-0.4, -0.2) is 20.9 Å². The summed E-state index contributed by atoms with van der Waals surface area (Å²) < 4.78 is 0. The molecule has 2 aromatic heterocycles. The van der Waals surface area contributed by atoms with Crippen LogP contribution < -0.4 is 0 Å². The molecule has 3 atom stereocenters. The van der Waals surface area contributed by atoms with Crippen LogP contribution in [0.15, 0.2) is 49.1 Å². The molecule has 3 unspecified atom stereocenters. The van der Waals surface area contributed by atoms with Gasteiger partial charge in [0.25, 0.3) is 0 Å². The fourth-order valence-electron chi connectivity index (χ4n) is 3.62. The van der Waals surface area contributed by atoms with Gasteiger partial charge < -0.3 is 5.11 Å². The maximum atomic E-state index is 13.1. The molecule has 0 spiro atoms. The van der Waals surface area contributed by atoms with E-state index in [9.17, 15) is 9.90 Å². The first-order valence-corrected chi connectivity index (χ1v) is 8.76. The zero-order chi connectivity index (χ0) is 16.8. The summed E-state index contributed by atoms with van der Waals surface area (Å²) in [6, 6.07) is 7.58. The number of nitrogens with zero attached hydrogens (tertiary/aromatic N) is 2. The Bertz CT molecular complexity index is 645. The lowest BCUT2D eigenvalue weighted by Gasteiger charge is -2.28. The van der Waals surface area contributed by atoms with Crippen molar-refractivity contribution in [3.05, 3.63) is 60.2 Å². The van der Waals surface area contributed by atoms with E-state index in [0.29, 0.717) is 6.42 Å². The normalized spacial score (nSPS) is 23.3. The van der Waals surface area contributed by atoms with Crippen LogP contribution in [0.1, 0.15) is 49.3 Å². The Morgan fingerprint density at radius 2 is 1.79 bits per heavy atom. The number of aliphatic hydroxyl groups excluding tert-OH is 1. The van der Waals surface area contributed by atoms with Crippen molar-refractivity contribution in [3.63, 3.8) is 0 Å². The molecule has 0 radical (unpaired) electrons. The molecule has 0 saturated heterocycles. The van der Waals surface area contributed by atoms with E-state index in [4.69, 9.17) is 0 Å². The molecule has 1 fully saturated rings. The van der Waals surface area contributed by atoms with Gasteiger partial charge >= 0.3 is 0 Å². The van der Waals surface area contributed by atoms with Gasteiger partial charge in [0.15, 0.2) is 0 Å². The third-order valence-electron chi connectivity index (χ3n) is 4.95. The third-order valence-corrected chi connectivity index (χ3v) is 4.95. The molecule has 1 N–H and O–H groups in total. The molecule has 2 aromatic rings. The van der Waals surface area contributed by atoms with E-state index < -0.39 is 6.10 Å². The molecule has 0 aliphatic heterocycles. The number of aliphatic hydroxyl groups is 1. The molecule has 1 aliphatic carbocycles. The summed E-state index contributed by atoms with van der Waals surface area (Å²) in [5.41, 5.74) is 1.82. The highest BCUT2D eigenvalue weighted by molar-refractivity contribution is 5.84. The molecule has 4 nitrogen and oxygen atoms in total. The van der Waals surface area contributed by atoms with Gasteiger partial charge in [-0.25, -0.2) is 0 Å². The molecule has 0 amide bonds. The predicted octanol–water partition coefficient (Wildman–Crippen LogP) is 3.52. The Morgan fingerprint density at radius 3 is 2.50 bits per heavy atom. The molecule has 1 aliphatic rings.